The Kier molecular flexibility index (Phi) is 6.09. The molecule has 3 rings (SSSR count). The summed E-state index contributed by atoms with van der Waals surface area (Å²) in [5.74, 6) is 8.02. The van der Waals surface area contributed by atoms with Gasteiger partial charge >= 0.3 is 0 Å². The number of nitrogens with zero attached hydrogens (tertiary/aromatic N) is 3. The third-order valence-corrected chi connectivity index (χ3v) is 5.03. The van der Waals surface area contributed by atoms with Gasteiger partial charge in [0.1, 0.15) is 0 Å². The van der Waals surface area contributed by atoms with E-state index < -0.39 is 5.25 Å². The maximum Gasteiger partial charge on any atom is 0.233 e. The third-order valence-electron chi connectivity index (χ3n) is 3.97. The van der Waals surface area contributed by atoms with Crippen LogP contribution < -0.4 is 20.6 Å². The number of methoxy groups -OCH3 is 2. The molecule has 0 radical (unpaired) electrons. The van der Waals surface area contributed by atoms with Crippen LogP contribution in [0.1, 0.15) is 12.5 Å². The van der Waals surface area contributed by atoms with Crippen LogP contribution in [0, 0.1) is 0 Å². The van der Waals surface area contributed by atoms with E-state index in [4.69, 9.17) is 19.7 Å². The van der Waals surface area contributed by atoms with Gasteiger partial charge in [-0.25, -0.2) is 4.68 Å². The summed E-state index contributed by atoms with van der Waals surface area (Å²) >= 11 is 1.21. The number of carbonyl (C=O) groups is 1. The lowest BCUT2D eigenvalue weighted by atomic mass is 10.2. The van der Waals surface area contributed by atoms with Gasteiger partial charge in [0.15, 0.2) is 17.3 Å². The smallest absolute Gasteiger partial charge is 0.233 e. The van der Waals surface area contributed by atoms with E-state index in [9.17, 15) is 4.79 Å². The van der Waals surface area contributed by atoms with E-state index in [-0.39, 0.29) is 5.91 Å². The molecule has 28 heavy (non-hydrogen) atoms. The molecule has 0 aliphatic carbocycles. The number of nitrogens with one attached hydrogen (secondary N) is 1. The lowest BCUT2D eigenvalue weighted by Crippen LogP contribution is -2.30. The number of nitrogens with two attached hydrogens (primary N) is 1. The predicted molar refractivity (Wildman–Crippen MR) is 105 cm³/mol. The van der Waals surface area contributed by atoms with Crippen molar-refractivity contribution in [2.24, 2.45) is 0 Å². The van der Waals surface area contributed by atoms with Gasteiger partial charge in [-0.15, -0.1) is 10.2 Å². The van der Waals surface area contributed by atoms with Gasteiger partial charge in [-0.1, -0.05) is 17.8 Å². The first-order chi connectivity index (χ1) is 13.5. The Morgan fingerprint density at radius 3 is 2.75 bits per heavy atom. The number of hydrogen-bond acceptors (Lipinski definition) is 8. The average Bonchev–Trinajstić information content (AvgIpc) is 3.36. The number of thioether (sulfide) groups is 1. The van der Waals surface area contributed by atoms with Gasteiger partial charge in [0, 0.05) is 6.54 Å². The summed E-state index contributed by atoms with van der Waals surface area (Å²) in [4.78, 5) is 12.4. The van der Waals surface area contributed by atoms with Crippen LogP contribution >= 0.6 is 11.8 Å². The molecule has 0 aliphatic rings. The largest absolute Gasteiger partial charge is 0.493 e. The third kappa shape index (κ3) is 4.22. The van der Waals surface area contributed by atoms with Crippen molar-refractivity contribution < 1.29 is 18.7 Å². The minimum atomic E-state index is -0.420. The van der Waals surface area contributed by atoms with Gasteiger partial charge in [-0.2, -0.15) is 0 Å². The second kappa shape index (κ2) is 8.70. The highest BCUT2D eigenvalue weighted by molar-refractivity contribution is 8.00. The molecule has 1 amide bonds. The Morgan fingerprint density at radius 2 is 2.07 bits per heavy atom. The lowest BCUT2D eigenvalue weighted by molar-refractivity contribution is -0.120. The van der Waals surface area contributed by atoms with Gasteiger partial charge in [-0.3, -0.25) is 4.79 Å². The van der Waals surface area contributed by atoms with Crippen LogP contribution in [0.25, 0.3) is 11.6 Å². The molecule has 3 aromatic rings. The molecule has 0 spiro atoms. The van der Waals surface area contributed by atoms with E-state index in [1.54, 1.807) is 39.3 Å². The zero-order valence-electron chi connectivity index (χ0n) is 15.7. The molecule has 0 bridgehead atoms. The number of benzene rings is 1. The van der Waals surface area contributed by atoms with Crippen molar-refractivity contribution in [3.63, 3.8) is 0 Å². The van der Waals surface area contributed by atoms with Crippen molar-refractivity contribution in [2.75, 3.05) is 20.1 Å². The van der Waals surface area contributed by atoms with Crippen LogP contribution in [-0.2, 0) is 11.3 Å². The number of aromatic nitrogens is 3. The van der Waals surface area contributed by atoms with E-state index in [1.165, 1.54) is 22.7 Å². The average molecular weight is 403 g/mol. The fourth-order valence-corrected chi connectivity index (χ4v) is 3.26. The maximum absolute atomic E-state index is 12.4. The number of furan rings is 1. The molecule has 0 fully saturated rings. The number of carbonyl (C=O) groups excluding carboxylic acids is 1. The summed E-state index contributed by atoms with van der Waals surface area (Å²) in [7, 11) is 3.14. The summed E-state index contributed by atoms with van der Waals surface area (Å²) in [6.45, 7) is 2.13. The molecular formula is C18H21N5O4S. The van der Waals surface area contributed by atoms with Gasteiger partial charge < -0.3 is 25.1 Å². The van der Waals surface area contributed by atoms with Crippen molar-refractivity contribution >= 4 is 17.7 Å². The molecule has 2 aromatic heterocycles. The molecule has 1 aromatic carbocycles. The number of rotatable bonds is 8. The first-order valence-electron chi connectivity index (χ1n) is 8.43. The zero-order chi connectivity index (χ0) is 20.1. The van der Waals surface area contributed by atoms with Crippen LogP contribution in [-0.4, -0.2) is 40.3 Å². The quantitative estimate of drug-likeness (QED) is 0.434. The van der Waals surface area contributed by atoms with Crippen molar-refractivity contribution in [3.05, 3.63) is 42.2 Å². The Bertz CT molecular complexity index is 942. The van der Waals surface area contributed by atoms with Crippen molar-refractivity contribution in [1.82, 2.24) is 20.2 Å². The molecule has 0 unspecified atom stereocenters. The van der Waals surface area contributed by atoms with Crippen LogP contribution in [0.4, 0.5) is 0 Å². The first-order valence-corrected chi connectivity index (χ1v) is 9.31. The highest BCUT2D eigenvalue weighted by atomic mass is 32.2. The van der Waals surface area contributed by atoms with E-state index in [1.807, 2.05) is 12.1 Å². The van der Waals surface area contributed by atoms with Crippen molar-refractivity contribution in [1.29, 1.82) is 0 Å². The fourth-order valence-electron chi connectivity index (χ4n) is 2.47. The van der Waals surface area contributed by atoms with Crippen molar-refractivity contribution in [3.8, 4) is 23.1 Å². The Morgan fingerprint density at radius 1 is 1.29 bits per heavy atom. The summed E-state index contributed by atoms with van der Waals surface area (Å²) in [6, 6.07) is 8.96. The highest BCUT2D eigenvalue weighted by Gasteiger charge is 2.20. The second-order valence-electron chi connectivity index (χ2n) is 5.82. The molecule has 0 saturated heterocycles. The number of nitrogen functional groups attached to an aromatic ring is 1. The summed E-state index contributed by atoms with van der Waals surface area (Å²) in [5, 5.41) is 10.9. The minimum absolute atomic E-state index is 0.151. The normalized spacial score (nSPS) is 11.8. The monoisotopic (exact) mass is 403 g/mol. The number of amides is 1. The molecule has 0 aliphatic heterocycles. The Labute approximate surface area is 166 Å². The van der Waals surface area contributed by atoms with Gasteiger partial charge in [0.25, 0.3) is 0 Å². The lowest BCUT2D eigenvalue weighted by Gasteiger charge is -2.13. The van der Waals surface area contributed by atoms with Gasteiger partial charge in [0.2, 0.25) is 16.9 Å². The van der Waals surface area contributed by atoms with Crippen LogP contribution in [0.5, 0.6) is 11.5 Å². The van der Waals surface area contributed by atoms with Crippen LogP contribution in [0.15, 0.2) is 46.2 Å². The summed E-state index contributed by atoms with van der Waals surface area (Å²) in [5.41, 5.74) is 0.894. The predicted octanol–water partition coefficient (Wildman–Crippen LogP) is 2.07. The molecule has 9 nitrogen and oxygen atoms in total. The second-order valence-corrected chi connectivity index (χ2v) is 7.13. The Hall–Kier alpha value is -3.14. The van der Waals surface area contributed by atoms with E-state index in [2.05, 4.69) is 15.5 Å². The molecule has 148 valence electrons. The zero-order valence-corrected chi connectivity index (χ0v) is 16.5. The SMILES string of the molecule is COc1ccc(CNC(=O)[C@@H](C)Sc2nnc(-c3ccco3)n2N)cc1OC. The van der Waals surface area contributed by atoms with Crippen LogP contribution in [0.3, 0.4) is 0 Å². The van der Waals surface area contributed by atoms with Crippen molar-refractivity contribution in [2.45, 2.75) is 23.9 Å². The molecule has 1 atom stereocenters. The van der Waals surface area contributed by atoms with Gasteiger partial charge in [0.05, 0.1) is 25.7 Å². The van der Waals surface area contributed by atoms with Gasteiger partial charge in [-0.05, 0) is 36.8 Å². The minimum Gasteiger partial charge on any atom is -0.493 e. The number of hydrogen-bond donors (Lipinski definition) is 2. The molecule has 3 N–H and O–H groups in total. The molecule has 2 heterocycles. The van der Waals surface area contributed by atoms with E-state index in [0.29, 0.717) is 34.8 Å². The topological polar surface area (TPSA) is 117 Å². The molecule has 0 saturated carbocycles. The summed E-state index contributed by atoms with van der Waals surface area (Å²) < 4.78 is 17.1. The van der Waals surface area contributed by atoms with E-state index in [0.717, 1.165) is 5.56 Å². The fraction of sp³-hybridized carbons (Fsp3) is 0.278. The number of ether oxygens (including phenoxy) is 2. The standard InChI is InChI=1S/C18H21N5O4S/c1-11(28-18-22-21-16(23(18)19)14-5-4-8-27-14)17(24)20-10-12-6-7-13(25-2)15(9-12)26-3/h4-9,11H,10,19H2,1-3H3,(H,20,24)/t11-/m1/s1. The highest BCUT2D eigenvalue weighted by Crippen LogP contribution is 2.28. The molecular weight excluding hydrogens is 382 g/mol. The maximum atomic E-state index is 12.4. The van der Waals surface area contributed by atoms with Crippen LogP contribution in [0.2, 0.25) is 0 Å². The first kappa shape index (κ1) is 19.6. The van der Waals surface area contributed by atoms with E-state index >= 15 is 0 Å². The summed E-state index contributed by atoms with van der Waals surface area (Å²) in [6.07, 6.45) is 1.53. The Balaban J connectivity index is 1.60. The molecule has 10 heteroatoms.